The summed E-state index contributed by atoms with van der Waals surface area (Å²) in [5, 5.41) is 11.4. The molecular weight excluding hydrogens is 258 g/mol. The van der Waals surface area contributed by atoms with E-state index >= 15 is 0 Å². The molecule has 0 spiro atoms. The van der Waals surface area contributed by atoms with Crippen molar-refractivity contribution in [3.8, 4) is 11.5 Å². The molecule has 0 atom stereocenters. The van der Waals surface area contributed by atoms with Crippen molar-refractivity contribution in [2.75, 3.05) is 26.4 Å². The molecular formula is C15H23NO4. The van der Waals surface area contributed by atoms with Crippen molar-refractivity contribution in [2.45, 2.75) is 26.2 Å². The number of nitrogens with one attached hydrogen (secondary N) is 1. The first-order valence-corrected chi connectivity index (χ1v) is 7.00. The van der Waals surface area contributed by atoms with Gasteiger partial charge in [0.25, 0.3) is 5.91 Å². The number of aliphatic hydroxyl groups is 1. The van der Waals surface area contributed by atoms with Crippen LogP contribution in [0.5, 0.6) is 11.5 Å². The van der Waals surface area contributed by atoms with Crippen LogP contribution >= 0.6 is 0 Å². The molecule has 0 bridgehead atoms. The van der Waals surface area contributed by atoms with Gasteiger partial charge in [-0.25, -0.2) is 0 Å². The number of unbranched alkanes of at least 4 members (excludes halogenated alkanes) is 2. The standard InChI is InChI=1S/C15H23NO4/c1-2-19-13-8-4-5-9-14(13)20-12-15(18)16-10-6-3-7-11-17/h4-5,8-9,17H,2-3,6-7,10-12H2,1H3,(H,16,18). The second-order valence-corrected chi connectivity index (χ2v) is 4.30. The first-order chi connectivity index (χ1) is 9.77. The number of para-hydroxylation sites is 2. The van der Waals surface area contributed by atoms with Crippen molar-refractivity contribution in [1.82, 2.24) is 5.32 Å². The number of carbonyl (C=O) groups excluding carboxylic acids is 1. The Bertz CT molecular complexity index is 395. The van der Waals surface area contributed by atoms with Crippen LogP contribution in [0.1, 0.15) is 26.2 Å². The Balaban J connectivity index is 2.26. The molecule has 0 aliphatic rings. The first kappa shape index (κ1) is 16.3. The van der Waals surface area contributed by atoms with Gasteiger partial charge in [0.15, 0.2) is 18.1 Å². The Morgan fingerprint density at radius 1 is 1.15 bits per heavy atom. The van der Waals surface area contributed by atoms with Crippen LogP contribution in [-0.2, 0) is 4.79 Å². The maximum atomic E-state index is 11.6. The van der Waals surface area contributed by atoms with Gasteiger partial charge in [0, 0.05) is 13.2 Å². The zero-order chi connectivity index (χ0) is 14.6. The van der Waals surface area contributed by atoms with E-state index in [1.54, 1.807) is 6.07 Å². The van der Waals surface area contributed by atoms with Gasteiger partial charge < -0.3 is 19.9 Å². The van der Waals surface area contributed by atoms with E-state index in [4.69, 9.17) is 14.6 Å². The van der Waals surface area contributed by atoms with Crippen molar-refractivity contribution in [1.29, 1.82) is 0 Å². The fraction of sp³-hybridized carbons (Fsp3) is 0.533. The summed E-state index contributed by atoms with van der Waals surface area (Å²) in [5.74, 6) is 1.07. The molecule has 0 radical (unpaired) electrons. The number of carbonyl (C=O) groups is 1. The fourth-order valence-corrected chi connectivity index (χ4v) is 1.68. The third-order valence-electron chi connectivity index (χ3n) is 2.66. The number of aliphatic hydroxyl groups excluding tert-OH is 1. The molecule has 5 nitrogen and oxygen atoms in total. The van der Waals surface area contributed by atoms with Gasteiger partial charge in [0.05, 0.1) is 6.61 Å². The highest BCUT2D eigenvalue weighted by molar-refractivity contribution is 5.77. The van der Waals surface area contributed by atoms with E-state index in [0.29, 0.717) is 24.7 Å². The van der Waals surface area contributed by atoms with Crippen LogP contribution in [0.3, 0.4) is 0 Å². The van der Waals surface area contributed by atoms with Gasteiger partial charge in [-0.15, -0.1) is 0 Å². The Hall–Kier alpha value is -1.75. The van der Waals surface area contributed by atoms with E-state index in [9.17, 15) is 4.79 Å². The number of hydrogen-bond acceptors (Lipinski definition) is 4. The van der Waals surface area contributed by atoms with E-state index < -0.39 is 0 Å². The lowest BCUT2D eigenvalue weighted by Gasteiger charge is -2.11. The number of rotatable bonds is 10. The van der Waals surface area contributed by atoms with E-state index in [0.717, 1.165) is 19.3 Å². The predicted molar refractivity (Wildman–Crippen MR) is 77.1 cm³/mol. The molecule has 0 saturated heterocycles. The van der Waals surface area contributed by atoms with Crippen LogP contribution in [-0.4, -0.2) is 37.4 Å². The summed E-state index contributed by atoms with van der Waals surface area (Å²) in [4.78, 5) is 11.6. The van der Waals surface area contributed by atoms with Crippen molar-refractivity contribution in [3.63, 3.8) is 0 Å². The summed E-state index contributed by atoms with van der Waals surface area (Å²) in [5.41, 5.74) is 0. The highest BCUT2D eigenvalue weighted by atomic mass is 16.5. The molecule has 5 heteroatoms. The number of benzene rings is 1. The largest absolute Gasteiger partial charge is 0.490 e. The SMILES string of the molecule is CCOc1ccccc1OCC(=O)NCCCCCO. The third kappa shape index (κ3) is 6.43. The first-order valence-electron chi connectivity index (χ1n) is 7.00. The Morgan fingerprint density at radius 2 is 1.85 bits per heavy atom. The quantitative estimate of drug-likeness (QED) is 0.641. The van der Waals surface area contributed by atoms with E-state index in [-0.39, 0.29) is 19.1 Å². The number of amides is 1. The van der Waals surface area contributed by atoms with Crippen LogP contribution in [0, 0.1) is 0 Å². The predicted octanol–water partition coefficient (Wildman–Crippen LogP) is 1.74. The second-order valence-electron chi connectivity index (χ2n) is 4.30. The van der Waals surface area contributed by atoms with Gasteiger partial charge in [-0.3, -0.25) is 4.79 Å². The molecule has 0 unspecified atom stereocenters. The van der Waals surface area contributed by atoms with Gasteiger partial charge in [0.2, 0.25) is 0 Å². The molecule has 0 fully saturated rings. The van der Waals surface area contributed by atoms with Gasteiger partial charge >= 0.3 is 0 Å². The molecule has 2 N–H and O–H groups in total. The zero-order valence-corrected chi connectivity index (χ0v) is 11.9. The van der Waals surface area contributed by atoms with Crippen LogP contribution in [0.25, 0.3) is 0 Å². The minimum absolute atomic E-state index is 0.0237. The van der Waals surface area contributed by atoms with E-state index in [1.165, 1.54) is 0 Å². The van der Waals surface area contributed by atoms with Crippen molar-refractivity contribution in [2.24, 2.45) is 0 Å². The highest BCUT2D eigenvalue weighted by Crippen LogP contribution is 2.26. The second kappa shape index (κ2) is 10.1. The molecule has 1 aromatic rings. The average Bonchev–Trinajstić information content (AvgIpc) is 2.46. The van der Waals surface area contributed by atoms with Crippen LogP contribution < -0.4 is 14.8 Å². The molecule has 1 amide bonds. The molecule has 0 saturated carbocycles. The molecule has 112 valence electrons. The van der Waals surface area contributed by atoms with Crippen molar-refractivity contribution in [3.05, 3.63) is 24.3 Å². The highest BCUT2D eigenvalue weighted by Gasteiger charge is 2.06. The minimum atomic E-state index is -0.152. The lowest BCUT2D eigenvalue weighted by Crippen LogP contribution is -2.29. The summed E-state index contributed by atoms with van der Waals surface area (Å²) < 4.78 is 10.9. The molecule has 0 aliphatic heterocycles. The topological polar surface area (TPSA) is 67.8 Å². The van der Waals surface area contributed by atoms with Gasteiger partial charge in [-0.1, -0.05) is 12.1 Å². The molecule has 0 heterocycles. The molecule has 1 aromatic carbocycles. The fourth-order valence-electron chi connectivity index (χ4n) is 1.68. The molecule has 1 rings (SSSR count). The summed E-state index contributed by atoms with van der Waals surface area (Å²) in [6.45, 7) is 3.23. The van der Waals surface area contributed by atoms with Gasteiger partial charge in [0.1, 0.15) is 0 Å². The smallest absolute Gasteiger partial charge is 0.257 e. The Kier molecular flexibility index (Phi) is 8.22. The van der Waals surface area contributed by atoms with Gasteiger partial charge in [-0.05, 0) is 38.3 Å². The molecule has 20 heavy (non-hydrogen) atoms. The lowest BCUT2D eigenvalue weighted by atomic mass is 10.2. The molecule has 0 aromatic heterocycles. The van der Waals surface area contributed by atoms with E-state index in [2.05, 4.69) is 5.32 Å². The molecule has 0 aliphatic carbocycles. The minimum Gasteiger partial charge on any atom is -0.490 e. The Labute approximate surface area is 119 Å². The summed E-state index contributed by atoms with van der Waals surface area (Å²) >= 11 is 0. The Morgan fingerprint density at radius 3 is 2.50 bits per heavy atom. The zero-order valence-electron chi connectivity index (χ0n) is 11.9. The van der Waals surface area contributed by atoms with Crippen LogP contribution in [0.15, 0.2) is 24.3 Å². The van der Waals surface area contributed by atoms with Crippen molar-refractivity contribution < 1.29 is 19.4 Å². The monoisotopic (exact) mass is 281 g/mol. The van der Waals surface area contributed by atoms with E-state index in [1.807, 2.05) is 25.1 Å². The summed E-state index contributed by atoms with van der Waals surface area (Å²) in [7, 11) is 0. The van der Waals surface area contributed by atoms with Crippen LogP contribution in [0.4, 0.5) is 0 Å². The van der Waals surface area contributed by atoms with Crippen LogP contribution in [0.2, 0.25) is 0 Å². The summed E-state index contributed by atoms with van der Waals surface area (Å²) in [6, 6.07) is 7.29. The maximum absolute atomic E-state index is 11.6. The van der Waals surface area contributed by atoms with Gasteiger partial charge in [-0.2, -0.15) is 0 Å². The average molecular weight is 281 g/mol. The third-order valence-corrected chi connectivity index (χ3v) is 2.66. The number of hydrogen-bond donors (Lipinski definition) is 2. The summed E-state index contributed by atoms with van der Waals surface area (Å²) in [6.07, 6.45) is 2.54. The normalized spacial score (nSPS) is 10.1. The van der Waals surface area contributed by atoms with Crippen molar-refractivity contribution >= 4 is 5.91 Å². The lowest BCUT2D eigenvalue weighted by molar-refractivity contribution is -0.123. The maximum Gasteiger partial charge on any atom is 0.257 e. The number of ether oxygens (including phenoxy) is 2.